The fraction of sp³-hybridized carbons (Fsp3) is 0.209. The third kappa shape index (κ3) is 11.1. The quantitative estimate of drug-likeness (QED) is 0.0648. The lowest BCUT2D eigenvalue weighted by Gasteiger charge is -2.11. The molecular weight excluding hydrogens is 765 g/mol. The van der Waals surface area contributed by atoms with Gasteiger partial charge < -0.3 is 31.7 Å². The maximum Gasteiger partial charge on any atom is 0.264 e. The van der Waals surface area contributed by atoms with Gasteiger partial charge in [-0.15, -0.1) is 0 Å². The third-order valence-electron chi connectivity index (χ3n) is 9.19. The standard InChI is InChI=1S/C21H22N6.C21H21N5O3S.CH5N/c1-14-12-15(7-10-22-2)5-6-18(14)26-21-24-11-8-19(27-21)17-13-25-20-16(17)4-3-9-23-20;1-14-12-15(8-11-29-30(2,27)28)5-6-18(14)25-21-23-10-7-19(26-21)17-13-24-20-16(17)4-3-9-22-20;1-2/h3-6,8-9,11-13,22H,7,10H2,1-2H3,(H,23,25)(H,24,26,27);3-7,9-10,12-13H,8,11H2,1-2H3,(H,22,24)(H,23,25,26);2H2,1H3. The summed E-state index contributed by atoms with van der Waals surface area (Å²) in [6.07, 6.45) is 13.4. The minimum Gasteiger partial charge on any atom is -0.345 e. The number of benzene rings is 2. The first kappa shape index (κ1) is 42.0. The Balaban J connectivity index is 0.000000191. The van der Waals surface area contributed by atoms with Gasteiger partial charge in [0, 0.05) is 70.5 Å². The normalized spacial score (nSPS) is 11.1. The SMILES string of the molecule is CN.CNCCc1ccc(Nc2nccc(-c3c[nH]c4ncccc34)n2)c(C)c1.Cc1cc(CCOS(C)(=O)=O)ccc1Nc1nccc(-c2c[nH]c3ncccc23)n1. The Labute approximate surface area is 343 Å². The summed E-state index contributed by atoms with van der Waals surface area (Å²) in [6, 6.07) is 23.9. The van der Waals surface area contributed by atoms with Gasteiger partial charge in [-0.2, -0.15) is 8.42 Å². The van der Waals surface area contributed by atoms with Crippen molar-refractivity contribution in [3.8, 4) is 22.5 Å². The van der Waals surface area contributed by atoms with Crippen LogP contribution in [0, 0.1) is 13.8 Å². The van der Waals surface area contributed by atoms with E-state index in [1.165, 1.54) is 18.2 Å². The Morgan fingerprint density at radius 1 is 0.661 bits per heavy atom. The molecule has 2 aromatic carbocycles. The highest BCUT2D eigenvalue weighted by molar-refractivity contribution is 7.85. The number of H-pyrrole nitrogens is 2. The number of hydrogen-bond donors (Lipinski definition) is 6. The van der Waals surface area contributed by atoms with Gasteiger partial charge in [-0.05, 0) is 118 Å². The molecule has 0 bridgehead atoms. The lowest BCUT2D eigenvalue weighted by Crippen LogP contribution is -2.10. The van der Waals surface area contributed by atoms with Gasteiger partial charge >= 0.3 is 0 Å². The molecule has 0 fully saturated rings. The van der Waals surface area contributed by atoms with Crippen LogP contribution in [0.4, 0.5) is 23.3 Å². The van der Waals surface area contributed by atoms with Gasteiger partial charge in [0.15, 0.2) is 0 Å². The molecule has 0 aliphatic heterocycles. The second-order valence-corrected chi connectivity index (χ2v) is 15.1. The first-order valence-electron chi connectivity index (χ1n) is 18.9. The van der Waals surface area contributed by atoms with E-state index in [4.69, 9.17) is 9.17 Å². The number of anilines is 4. The molecule has 0 saturated heterocycles. The van der Waals surface area contributed by atoms with Crippen molar-refractivity contribution in [1.29, 1.82) is 0 Å². The number of aromatic nitrogens is 8. The van der Waals surface area contributed by atoms with E-state index in [-0.39, 0.29) is 6.61 Å². The van der Waals surface area contributed by atoms with Crippen LogP contribution in [0.2, 0.25) is 0 Å². The van der Waals surface area contributed by atoms with Crippen LogP contribution in [-0.2, 0) is 27.1 Å². The molecule has 0 atom stereocenters. The third-order valence-corrected chi connectivity index (χ3v) is 9.79. The maximum absolute atomic E-state index is 11.1. The number of nitrogens with two attached hydrogens (primary N) is 1. The largest absolute Gasteiger partial charge is 0.345 e. The predicted octanol–water partition coefficient (Wildman–Crippen LogP) is 7.00. The number of likely N-dealkylation sites (N-methyl/N-ethyl adjacent to an activating group) is 1. The van der Waals surface area contributed by atoms with E-state index >= 15 is 0 Å². The molecule has 0 radical (unpaired) electrons. The fourth-order valence-electron chi connectivity index (χ4n) is 6.34. The molecule has 0 aliphatic rings. The molecule has 0 saturated carbocycles. The fourth-order valence-corrected chi connectivity index (χ4v) is 6.72. The van der Waals surface area contributed by atoms with Crippen molar-refractivity contribution in [3.63, 3.8) is 0 Å². The zero-order valence-corrected chi connectivity index (χ0v) is 34.4. The van der Waals surface area contributed by atoms with Crippen LogP contribution in [0.1, 0.15) is 22.3 Å². The van der Waals surface area contributed by atoms with E-state index in [1.54, 1.807) is 24.8 Å². The van der Waals surface area contributed by atoms with Crippen LogP contribution in [0.25, 0.3) is 44.6 Å². The predicted molar refractivity (Wildman–Crippen MR) is 235 cm³/mol. The first-order valence-corrected chi connectivity index (χ1v) is 20.8. The minimum atomic E-state index is -3.42. The molecule has 6 aromatic heterocycles. The molecule has 8 rings (SSSR count). The summed E-state index contributed by atoms with van der Waals surface area (Å²) >= 11 is 0. The molecule has 0 aliphatic carbocycles. The highest BCUT2D eigenvalue weighted by atomic mass is 32.2. The zero-order chi connectivity index (χ0) is 41.8. The van der Waals surface area contributed by atoms with Gasteiger partial charge in [-0.25, -0.2) is 29.9 Å². The number of nitrogens with one attached hydrogen (secondary N) is 5. The van der Waals surface area contributed by atoms with Crippen molar-refractivity contribution in [3.05, 3.63) is 132 Å². The molecule has 0 amide bonds. The molecule has 15 nitrogen and oxygen atoms in total. The number of pyridine rings is 2. The Kier molecular flexibility index (Phi) is 14.0. The molecule has 16 heteroatoms. The van der Waals surface area contributed by atoms with Gasteiger partial charge in [0.1, 0.15) is 11.3 Å². The van der Waals surface area contributed by atoms with Crippen LogP contribution in [0.5, 0.6) is 0 Å². The summed E-state index contributed by atoms with van der Waals surface area (Å²) in [6.45, 7) is 5.16. The average molecular weight is 813 g/mol. The summed E-state index contributed by atoms with van der Waals surface area (Å²) < 4.78 is 27.0. The maximum atomic E-state index is 11.1. The molecule has 7 N–H and O–H groups in total. The highest BCUT2D eigenvalue weighted by Crippen LogP contribution is 2.29. The number of aryl methyl sites for hydroxylation is 2. The van der Waals surface area contributed by atoms with E-state index in [0.29, 0.717) is 18.3 Å². The minimum absolute atomic E-state index is 0.121. The number of aromatic amines is 2. The van der Waals surface area contributed by atoms with E-state index in [0.717, 1.165) is 86.3 Å². The lowest BCUT2D eigenvalue weighted by atomic mass is 10.1. The highest BCUT2D eigenvalue weighted by Gasteiger charge is 2.12. The average Bonchev–Trinajstić information content (AvgIpc) is 3.88. The van der Waals surface area contributed by atoms with Crippen LogP contribution in [0.15, 0.2) is 110 Å². The zero-order valence-electron chi connectivity index (χ0n) is 33.6. The summed E-state index contributed by atoms with van der Waals surface area (Å²) in [5.74, 6) is 1.07. The molecule has 0 unspecified atom stereocenters. The topological polar surface area (TPSA) is 214 Å². The molecule has 0 spiro atoms. The summed E-state index contributed by atoms with van der Waals surface area (Å²) in [4.78, 5) is 33.1. The molecule has 6 heterocycles. The van der Waals surface area contributed by atoms with Crippen molar-refractivity contribution in [2.45, 2.75) is 26.7 Å². The lowest BCUT2D eigenvalue weighted by molar-refractivity contribution is 0.326. The number of fused-ring (bicyclic) bond motifs is 2. The van der Waals surface area contributed by atoms with Crippen LogP contribution in [0.3, 0.4) is 0 Å². The van der Waals surface area contributed by atoms with Gasteiger partial charge in [-0.1, -0.05) is 24.3 Å². The van der Waals surface area contributed by atoms with Crippen LogP contribution < -0.4 is 21.7 Å². The second kappa shape index (κ2) is 19.7. The van der Waals surface area contributed by atoms with E-state index in [9.17, 15) is 8.42 Å². The Hall–Kier alpha value is -6.59. The Bertz CT molecular complexity index is 2750. The van der Waals surface area contributed by atoms with Crippen molar-refractivity contribution in [1.82, 2.24) is 45.2 Å². The van der Waals surface area contributed by atoms with Crippen molar-refractivity contribution < 1.29 is 12.6 Å². The number of rotatable bonds is 13. The molecule has 59 heavy (non-hydrogen) atoms. The summed E-state index contributed by atoms with van der Waals surface area (Å²) in [5, 5.41) is 11.8. The smallest absolute Gasteiger partial charge is 0.264 e. The first-order chi connectivity index (χ1) is 28.6. The van der Waals surface area contributed by atoms with Gasteiger partial charge in [0.25, 0.3) is 10.1 Å². The van der Waals surface area contributed by atoms with Gasteiger partial charge in [0.2, 0.25) is 11.9 Å². The Morgan fingerprint density at radius 3 is 1.61 bits per heavy atom. The summed E-state index contributed by atoms with van der Waals surface area (Å²) in [5.41, 5.74) is 16.2. The number of hydrogen-bond acceptors (Lipinski definition) is 13. The van der Waals surface area contributed by atoms with E-state index < -0.39 is 10.1 Å². The molecule has 8 aromatic rings. The van der Waals surface area contributed by atoms with Crippen molar-refractivity contribution in [2.75, 3.05) is 44.1 Å². The molecular formula is C43H48N12O3S. The summed E-state index contributed by atoms with van der Waals surface area (Å²) in [7, 11) is 0.0442. The second-order valence-electron chi connectivity index (χ2n) is 13.4. The van der Waals surface area contributed by atoms with Crippen LogP contribution >= 0.6 is 0 Å². The van der Waals surface area contributed by atoms with E-state index in [2.05, 4.69) is 81.7 Å². The van der Waals surface area contributed by atoms with Gasteiger partial charge in [0.05, 0.1) is 24.3 Å². The monoisotopic (exact) mass is 812 g/mol. The Morgan fingerprint density at radius 2 is 1.15 bits per heavy atom. The van der Waals surface area contributed by atoms with Crippen molar-refractivity contribution in [2.24, 2.45) is 5.73 Å². The van der Waals surface area contributed by atoms with Crippen molar-refractivity contribution >= 4 is 55.5 Å². The molecule has 304 valence electrons. The number of nitrogens with zero attached hydrogens (tertiary/aromatic N) is 6. The van der Waals surface area contributed by atoms with E-state index in [1.807, 2.05) is 81.0 Å². The van der Waals surface area contributed by atoms with Crippen LogP contribution in [-0.4, -0.2) is 81.8 Å². The van der Waals surface area contributed by atoms with Gasteiger partial charge in [-0.3, -0.25) is 4.18 Å².